The van der Waals surface area contributed by atoms with Gasteiger partial charge in [0.1, 0.15) is 0 Å². The van der Waals surface area contributed by atoms with Gasteiger partial charge in [0.2, 0.25) is 5.82 Å². The Morgan fingerprint density at radius 2 is 2.50 bits per heavy atom. The molecule has 98 valence electrons. The van der Waals surface area contributed by atoms with E-state index in [1.165, 1.54) is 0 Å². The zero-order valence-electron chi connectivity index (χ0n) is 10.1. The van der Waals surface area contributed by atoms with Gasteiger partial charge in [0.25, 0.3) is 0 Å². The summed E-state index contributed by atoms with van der Waals surface area (Å²) in [7, 11) is 0. The normalized spacial score (nSPS) is 19.9. The van der Waals surface area contributed by atoms with Crippen LogP contribution in [-0.4, -0.2) is 47.4 Å². The molecule has 7 heteroatoms. The first kappa shape index (κ1) is 12.7. The summed E-state index contributed by atoms with van der Waals surface area (Å²) >= 11 is 0. The third-order valence-electron chi connectivity index (χ3n) is 3.00. The summed E-state index contributed by atoms with van der Waals surface area (Å²) < 4.78 is 5.26. The molecule has 1 aromatic heterocycles. The second kappa shape index (κ2) is 5.28. The quantitative estimate of drug-likeness (QED) is 0.623. The average molecular weight is 253 g/mol. The molecule has 18 heavy (non-hydrogen) atoms. The number of nitro groups is 1. The standard InChI is InChI=1S/C11H15N3O4/c1-8-2-3-12-11(10(8)14(16)17)13-4-5-18-7-9(13)6-15/h2-3,9,15H,4-7H2,1H3. The average Bonchev–Trinajstić information content (AvgIpc) is 2.38. The van der Waals surface area contributed by atoms with Crippen LogP contribution in [0.15, 0.2) is 12.3 Å². The van der Waals surface area contributed by atoms with E-state index in [0.717, 1.165) is 0 Å². The Morgan fingerprint density at radius 3 is 3.17 bits per heavy atom. The summed E-state index contributed by atoms with van der Waals surface area (Å²) in [6.45, 7) is 2.87. The molecule has 2 rings (SSSR count). The van der Waals surface area contributed by atoms with Gasteiger partial charge in [0, 0.05) is 18.3 Å². The van der Waals surface area contributed by atoms with Crippen molar-refractivity contribution >= 4 is 11.5 Å². The lowest BCUT2D eigenvalue weighted by molar-refractivity contribution is -0.385. The van der Waals surface area contributed by atoms with Gasteiger partial charge in [-0.2, -0.15) is 0 Å². The van der Waals surface area contributed by atoms with E-state index in [1.807, 2.05) is 0 Å². The van der Waals surface area contributed by atoms with Crippen LogP contribution in [-0.2, 0) is 4.74 Å². The van der Waals surface area contributed by atoms with Gasteiger partial charge in [0.15, 0.2) is 0 Å². The van der Waals surface area contributed by atoms with E-state index >= 15 is 0 Å². The first-order chi connectivity index (χ1) is 8.65. The van der Waals surface area contributed by atoms with Crippen molar-refractivity contribution in [3.05, 3.63) is 27.9 Å². The van der Waals surface area contributed by atoms with Crippen molar-refractivity contribution in [1.82, 2.24) is 4.98 Å². The van der Waals surface area contributed by atoms with Crippen LogP contribution in [0.2, 0.25) is 0 Å². The van der Waals surface area contributed by atoms with E-state index in [2.05, 4.69) is 4.98 Å². The highest BCUT2D eigenvalue weighted by atomic mass is 16.6. The van der Waals surface area contributed by atoms with Crippen molar-refractivity contribution in [2.45, 2.75) is 13.0 Å². The topological polar surface area (TPSA) is 88.7 Å². The zero-order chi connectivity index (χ0) is 13.1. The van der Waals surface area contributed by atoms with Crippen LogP contribution < -0.4 is 4.90 Å². The fourth-order valence-corrected chi connectivity index (χ4v) is 2.06. The lowest BCUT2D eigenvalue weighted by Crippen LogP contribution is -2.48. The number of aliphatic hydroxyl groups is 1. The molecule has 1 aromatic rings. The monoisotopic (exact) mass is 253 g/mol. The molecule has 1 N–H and O–H groups in total. The summed E-state index contributed by atoms with van der Waals surface area (Å²) in [6, 6.07) is 1.32. The molecule has 0 amide bonds. The molecule has 1 aliphatic rings. The largest absolute Gasteiger partial charge is 0.394 e. The minimum absolute atomic E-state index is 0.00199. The predicted octanol–water partition coefficient (Wildman–Crippen LogP) is 0.496. The maximum Gasteiger partial charge on any atom is 0.314 e. The Kier molecular flexibility index (Phi) is 3.73. The molecule has 1 saturated heterocycles. The summed E-state index contributed by atoms with van der Waals surface area (Å²) in [5.41, 5.74) is 0.561. The van der Waals surface area contributed by atoms with Gasteiger partial charge in [-0.3, -0.25) is 10.1 Å². The van der Waals surface area contributed by atoms with Crippen molar-refractivity contribution in [1.29, 1.82) is 0 Å². The Balaban J connectivity index is 2.42. The van der Waals surface area contributed by atoms with Crippen molar-refractivity contribution in [3.8, 4) is 0 Å². The number of aliphatic hydroxyl groups excluding tert-OH is 1. The molecule has 0 radical (unpaired) electrons. The SMILES string of the molecule is Cc1ccnc(N2CCOCC2CO)c1[N+](=O)[O-]. The van der Waals surface area contributed by atoms with E-state index in [4.69, 9.17) is 4.74 Å². The summed E-state index contributed by atoms with van der Waals surface area (Å²) in [5, 5.41) is 20.4. The van der Waals surface area contributed by atoms with Crippen LogP contribution >= 0.6 is 0 Å². The minimum atomic E-state index is -0.429. The fraction of sp³-hybridized carbons (Fsp3) is 0.545. The number of hydrogen-bond donors (Lipinski definition) is 1. The molecule has 7 nitrogen and oxygen atoms in total. The van der Waals surface area contributed by atoms with Crippen molar-refractivity contribution in [2.24, 2.45) is 0 Å². The molecule has 1 unspecified atom stereocenters. The predicted molar refractivity (Wildman–Crippen MR) is 64.7 cm³/mol. The van der Waals surface area contributed by atoms with Gasteiger partial charge in [-0.25, -0.2) is 4.98 Å². The Morgan fingerprint density at radius 1 is 1.72 bits per heavy atom. The first-order valence-corrected chi connectivity index (χ1v) is 5.70. The Bertz CT molecular complexity index is 452. The summed E-state index contributed by atoms with van der Waals surface area (Å²) in [5.74, 6) is 0.308. The van der Waals surface area contributed by atoms with Crippen LogP contribution in [0.25, 0.3) is 0 Å². The van der Waals surface area contributed by atoms with Gasteiger partial charge in [-0.05, 0) is 13.0 Å². The number of aryl methyl sites for hydroxylation is 1. The highest BCUT2D eigenvalue weighted by Crippen LogP contribution is 2.30. The molecule has 0 bridgehead atoms. The van der Waals surface area contributed by atoms with Crippen LogP contribution in [0, 0.1) is 17.0 Å². The lowest BCUT2D eigenvalue weighted by atomic mass is 10.2. The van der Waals surface area contributed by atoms with Gasteiger partial charge in [-0.1, -0.05) is 0 Å². The molecule has 1 fully saturated rings. The molecule has 2 heterocycles. The minimum Gasteiger partial charge on any atom is -0.394 e. The molecule has 0 spiro atoms. The lowest BCUT2D eigenvalue weighted by Gasteiger charge is -2.35. The fourth-order valence-electron chi connectivity index (χ4n) is 2.06. The van der Waals surface area contributed by atoms with E-state index in [1.54, 1.807) is 24.1 Å². The zero-order valence-corrected chi connectivity index (χ0v) is 10.1. The maximum atomic E-state index is 11.1. The molecule has 0 aliphatic carbocycles. The number of hydrogen-bond acceptors (Lipinski definition) is 6. The van der Waals surface area contributed by atoms with Crippen molar-refractivity contribution in [2.75, 3.05) is 31.3 Å². The number of pyridine rings is 1. The third kappa shape index (κ3) is 2.27. The van der Waals surface area contributed by atoms with E-state index < -0.39 is 4.92 Å². The van der Waals surface area contributed by atoms with Crippen LogP contribution in [0.3, 0.4) is 0 Å². The first-order valence-electron chi connectivity index (χ1n) is 5.70. The highest BCUT2D eigenvalue weighted by molar-refractivity contribution is 5.62. The molecular formula is C11H15N3O4. The van der Waals surface area contributed by atoms with E-state index in [9.17, 15) is 15.2 Å². The molecule has 0 aromatic carbocycles. The summed E-state index contributed by atoms with van der Waals surface area (Å²) in [4.78, 5) is 16.5. The number of nitrogens with zero attached hydrogens (tertiary/aromatic N) is 3. The Hall–Kier alpha value is -1.73. The molecule has 1 aliphatic heterocycles. The molecule has 1 atom stereocenters. The molecule has 0 saturated carbocycles. The van der Waals surface area contributed by atoms with Crippen molar-refractivity contribution in [3.63, 3.8) is 0 Å². The highest BCUT2D eigenvalue weighted by Gasteiger charge is 2.30. The number of aromatic nitrogens is 1. The van der Waals surface area contributed by atoms with Gasteiger partial charge in [0.05, 0.1) is 30.8 Å². The van der Waals surface area contributed by atoms with E-state index in [-0.39, 0.29) is 18.3 Å². The third-order valence-corrected chi connectivity index (χ3v) is 3.00. The second-order valence-electron chi connectivity index (χ2n) is 4.16. The summed E-state index contributed by atoms with van der Waals surface area (Å²) in [6.07, 6.45) is 1.54. The Labute approximate surface area is 104 Å². The number of anilines is 1. The number of ether oxygens (including phenoxy) is 1. The van der Waals surface area contributed by atoms with Crippen molar-refractivity contribution < 1.29 is 14.8 Å². The van der Waals surface area contributed by atoms with Crippen LogP contribution in [0.1, 0.15) is 5.56 Å². The van der Waals surface area contributed by atoms with E-state index in [0.29, 0.717) is 31.1 Å². The second-order valence-corrected chi connectivity index (χ2v) is 4.16. The number of morpholine rings is 1. The number of rotatable bonds is 3. The van der Waals surface area contributed by atoms with Gasteiger partial charge >= 0.3 is 5.69 Å². The smallest absolute Gasteiger partial charge is 0.314 e. The van der Waals surface area contributed by atoms with Crippen LogP contribution in [0.4, 0.5) is 11.5 Å². The molecular weight excluding hydrogens is 238 g/mol. The van der Waals surface area contributed by atoms with Crippen LogP contribution in [0.5, 0.6) is 0 Å². The maximum absolute atomic E-state index is 11.1. The van der Waals surface area contributed by atoms with Gasteiger partial charge in [-0.15, -0.1) is 0 Å². The van der Waals surface area contributed by atoms with Gasteiger partial charge < -0.3 is 14.7 Å².